The van der Waals surface area contributed by atoms with Gasteiger partial charge in [-0.3, -0.25) is 0 Å². The Labute approximate surface area is 170 Å². The molecule has 0 bridgehead atoms. The molecule has 1 aromatic carbocycles. The van der Waals surface area contributed by atoms with Gasteiger partial charge in [0.15, 0.2) is 16.9 Å². The molecule has 2 aliphatic rings. The second kappa shape index (κ2) is 8.27. The van der Waals surface area contributed by atoms with Crippen LogP contribution in [-0.4, -0.2) is 26.3 Å². The lowest BCUT2D eigenvalue weighted by Crippen LogP contribution is -2.46. The smallest absolute Gasteiger partial charge is 0.191 e. The Morgan fingerprint density at radius 1 is 1.14 bits per heavy atom. The van der Waals surface area contributed by atoms with Gasteiger partial charge in [0.25, 0.3) is 0 Å². The molecular formula is C22H23N5O2. The van der Waals surface area contributed by atoms with Crippen LogP contribution < -0.4 is 20.5 Å². The minimum Gasteiger partial charge on any atom is -0.490 e. The Balaban J connectivity index is 2.25. The molecule has 3 N–H and O–H groups in total. The topological polar surface area (TPSA) is 128 Å². The Bertz CT molecular complexity index is 976. The van der Waals surface area contributed by atoms with Gasteiger partial charge in [-0.25, -0.2) is 0 Å². The molecule has 0 amide bonds. The lowest BCUT2D eigenvalue weighted by molar-refractivity contribution is 0.285. The monoisotopic (exact) mass is 389 g/mol. The standard InChI is InChI=1S/C22H23N5O2/c1-3-28-18-6-5-14(9-19(18)29-4-2)20-17-11-27-8-7-15(17)16(10-23)21(26)22(20,12-24)13-25/h5-7,9,17,20,27H,3-4,8,11,26H2,1-2H3. The Morgan fingerprint density at radius 3 is 2.45 bits per heavy atom. The predicted octanol–water partition coefficient (Wildman–Crippen LogP) is 2.50. The van der Waals surface area contributed by atoms with Crippen LogP contribution in [0.5, 0.6) is 11.5 Å². The van der Waals surface area contributed by atoms with Crippen LogP contribution in [0.1, 0.15) is 25.3 Å². The van der Waals surface area contributed by atoms with E-state index in [1.807, 2.05) is 32.1 Å². The molecule has 0 aromatic heterocycles. The minimum atomic E-state index is -1.65. The lowest BCUT2D eigenvalue weighted by Gasteiger charge is -2.43. The quantitative estimate of drug-likeness (QED) is 0.791. The van der Waals surface area contributed by atoms with Crippen LogP contribution in [0.2, 0.25) is 0 Å². The second-order valence-electron chi connectivity index (χ2n) is 6.91. The number of hydrogen-bond acceptors (Lipinski definition) is 7. The van der Waals surface area contributed by atoms with Crippen molar-refractivity contribution in [1.29, 1.82) is 15.8 Å². The summed E-state index contributed by atoms with van der Waals surface area (Å²) in [5.74, 6) is 0.368. The largest absolute Gasteiger partial charge is 0.490 e. The number of benzene rings is 1. The van der Waals surface area contributed by atoms with Crippen LogP contribution in [0.15, 0.2) is 41.1 Å². The summed E-state index contributed by atoms with van der Waals surface area (Å²) in [7, 11) is 0. The average Bonchev–Trinajstić information content (AvgIpc) is 2.75. The summed E-state index contributed by atoms with van der Waals surface area (Å²) < 4.78 is 11.4. The van der Waals surface area contributed by atoms with Gasteiger partial charge in [0, 0.05) is 24.9 Å². The molecule has 2 unspecified atom stereocenters. The van der Waals surface area contributed by atoms with Crippen LogP contribution in [0.3, 0.4) is 0 Å². The van der Waals surface area contributed by atoms with Crippen molar-refractivity contribution in [3.8, 4) is 29.7 Å². The number of rotatable bonds is 5. The molecule has 7 heteroatoms. The van der Waals surface area contributed by atoms with Crippen molar-refractivity contribution in [1.82, 2.24) is 5.32 Å². The summed E-state index contributed by atoms with van der Waals surface area (Å²) in [5, 5.41) is 33.1. The highest BCUT2D eigenvalue weighted by atomic mass is 16.5. The van der Waals surface area contributed by atoms with Crippen molar-refractivity contribution in [2.75, 3.05) is 26.3 Å². The highest BCUT2D eigenvalue weighted by Gasteiger charge is 2.54. The number of hydrogen-bond donors (Lipinski definition) is 2. The maximum atomic E-state index is 10.1. The number of nitrogens with one attached hydrogen (secondary N) is 1. The van der Waals surface area contributed by atoms with Crippen molar-refractivity contribution >= 4 is 0 Å². The number of nitrogens with two attached hydrogens (primary N) is 1. The van der Waals surface area contributed by atoms with Crippen LogP contribution in [0, 0.1) is 45.3 Å². The van der Waals surface area contributed by atoms with Crippen molar-refractivity contribution in [2.24, 2.45) is 17.1 Å². The first-order valence-corrected chi connectivity index (χ1v) is 9.61. The fraction of sp³-hybridized carbons (Fsp3) is 0.409. The third-order valence-corrected chi connectivity index (χ3v) is 5.47. The van der Waals surface area contributed by atoms with E-state index < -0.39 is 11.3 Å². The van der Waals surface area contributed by atoms with E-state index >= 15 is 0 Å². The van der Waals surface area contributed by atoms with Gasteiger partial charge in [0.05, 0.1) is 36.6 Å². The molecule has 1 aliphatic carbocycles. The first-order chi connectivity index (χ1) is 14.1. The van der Waals surface area contributed by atoms with Gasteiger partial charge in [-0.05, 0) is 37.1 Å². The predicted molar refractivity (Wildman–Crippen MR) is 106 cm³/mol. The van der Waals surface area contributed by atoms with Gasteiger partial charge >= 0.3 is 0 Å². The molecule has 148 valence electrons. The summed E-state index contributed by atoms with van der Waals surface area (Å²) in [6.45, 7) is 5.86. The van der Waals surface area contributed by atoms with Crippen molar-refractivity contribution in [3.05, 3.63) is 46.7 Å². The molecule has 3 rings (SSSR count). The van der Waals surface area contributed by atoms with Gasteiger partial charge in [0.1, 0.15) is 6.07 Å². The molecule has 0 fully saturated rings. The molecule has 7 nitrogen and oxygen atoms in total. The maximum absolute atomic E-state index is 10.1. The van der Waals surface area contributed by atoms with Crippen LogP contribution in [0.4, 0.5) is 0 Å². The summed E-state index contributed by atoms with van der Waals surface area (Å²) in [4.78, 5) is 0. The third-order valence-electron chi connectivity index (χ3n) is 5.47. The highest BCUT2D eigenvalue weighted by molar-refractivity contribution is 5.60. The van der Waals surface area contributed by atoms with Crippen molar-refractivity contribution < 1.29 is 9.47 Å². The van der Waals surface area contributed by atoms with Crippen molar-refractivity contribution in [2.45, 2.75) is 19.8 Å². The van der Waals surface area contributed by atoms with Crippen molar-refractivity contribution in [3.63, 3.8) is 0 Å². The van der Waals surface area contributed by atoms with Gasteiger partial charge in [-0.15, -0.1) is 0 Å². The van der Waals surface area contributed by atoms with Crippen LogP contribution in [-0.2, 0) is 0 Å². The van der Waals surface area contributed by atoms with Gasteiger partial charge < -0.3 is 20.5 Å². The van der Waals surface area contributed by atoms with Gasteiger partial charge in [0.2, 0.25) is 0 Å². The van der Waals surface area contributed by atoms with E-state index in [1.54, 1.807) is 6.07 Å². The maximum Gasteiger partial charge on any atom is 0.191 e. The zero-order valence-corrected chi connectivity index (χ0v) is 16.5. The number of nitriles is 3. The Kier molecular flexibility index (Phi) is 5.78. The highest BCUT2D eigenvalue weighted by Crippen LogP contribution is 2.54. The van der Waals surface area contributed by atoms with E-state index in [1.165, 1.54) is 0 Å². The first-order valence-electron chi connectivity index (χ1n) is 9.61. The number of ether oxygens (including phenoxy) is 2. The molecule has 0 saturated heterocycles. The first kappa shape index (κ1) is 20.3. The van der Waals surface area contributed by atoms with E-state index in [-0.39, 0.29) is 17.2 Å². The third kappa shape index (κ3) is 3.18. The zero-order valence-electron chi connectivity index (χ0n) is 16.5. The van der Waals surface area contributed by atoms with E-state index in [0.717, 1.165) is 11.1 Å². The molecule has 0 saturated carbocycles. The molecule has 2 atom stereocenters. The zero-order chi connectivity index (χ0) is 21.0. The molecule has 1 aliphatic heterocycles. The minimum absolute atomic E-state index is 0.0197. The average molecular weight is 389 g/mol. The SMILES string of the molecule is CCOc1ccc(C2C3CNCC=C3C(C#N)=C(N)C2(C#N)C#N)cc1OCC. The lowest BCUT2D eigenvalue weighted by atomic mass is 9.58. The van der Waals surface area contributed by atoms with E-state index in [2.05, 4.69) is 23.5 Å². The molecular weight excluding hydrogens is 366 g/mol. The van der Waals surface area contributed by atoms with Gasteiger partial charge in [-0.1, -0.05) is 12.1 Å². The fourth-order valence-corrected chi connectivity index (χ4v) is 4.24. The summed E-state index contributed by atoms with van der Waals surface area (Å²) in [5.41, 5.74) is 6.45. The molecule has 1 aromatic rings. The molecule has 1 heterocycles. The van der Waals surface area contributed by atoms with Crippen LogP contribution >= 0.6 is 0 Å². The summed E-state index contributed by atoms with van der Waals surface area (Å²) >= 11 is 0. The summed E-state index contributed by atoms with van der Waals surface area (Å²) in [6.07, 6.45) is 1.92. The molecule has 0 spiro atoms. The fourth-order valence-electron chi connectivity index (χ4n) is 4.24. The molecule has 29 heavy (non-hydrogen) atoms. The molecule has 0 radical (unpaired) electrons. The Morgan fingerprint density at radius 2 is 1.83 bits per heavy atom. The van der Waals surface area contributed by atoms with Crippen LogP contribution in [0.25, 0.3) is 0 Å². The van der Waals surface area contributed by atoms with E-state index in [0.29, 0.717) is 37.8 Å². The number of allylic oxidation sites excluding steroid dienone is 2. The number of fused-ring (bicyclic) bond motifs is 1. The normalized spacial score (nSPS) is 22.4. The van der Waals surface area contributed by atoms with Gasteiger partial charge in [-0.2, -0.15) is 15.8 Å². The number of nitrogens with zero attached hydrogens (tertiary/aromatic N) is 3. The Hall–Kier alpha value is -3.47. The van der Waals surface area contributed by atoms with E-state index in [9.17, 15) is 15.8 Å². The van der Waals surface area contributed by atoms with E-state index in [4.69, 9.17) is 15.2 Å². The summed E-state index contributed by atoms with van der Waals surface area (Å²) in [6, 6.07) is 11.8. The second-order valence-corrected chi connectivity index (χ2v) is 6.91.